The Morgan fingerprint density at radius 2 is 1.45 bits per heavy atom. The number of hydrogen-bond acceptors (Lipinski definition) is 0. The second-order valence-electron chi connectivity index (χ2n) is 2.05. The summed E-state index contributed by atoms with van der Waals surface area (Å²) in [5, 5.41) is 0. The molecule has 0 N–H and O–H groups in total. The van der Waals surface area contributed by atoms with Gasteiger partial charge in [-0.2, -0.15) is 18.2 Å². The van der Waals surface area contributed by atoms with Gasteiger partial charge in [-0.1, -0.05) is 24.3 Å². The summed E-state index contributed by atoms with van der Waals surface area (Å²) in [6.45, 7) is 0. The maximum absolute atomic E-state index is 2.12. The third-order valence-corrected chi connectivity index (χ3v) is 1.21. The molecular weight excluding hydrogens is 176 g/mol. The van der Waals surface area contributed by atoms with Gasteiger partial charge in [0.15, 0.2) is 0 Å². The van der Waals surface area contributed by atoms with Crippen molar-refractivity contribution in [3.63, 3.8) is 0 Å². The number of allylic oxidation sites excluding steroid dienone is 4. The molecule has 0 amide bonds. The Morgan fingerprint density at radius 3 is 1.64 bits per heavy atom. The van der Waals surface area contributed by atoms with E-state index in [0.717, 1.165) is 6.42 Å². The zero-order valence-corrected chi connectivity index (χ0v) is 7.36. The van der Waals surface area contributed by atoms with Crippen LogP contribution in [0.5, 0.6) is 0 Å². The van der Waals surface area contributed by atoms with Gasteiger partial charge in [-0.15, -0.1) is 0 Å². The van der Waals surface area contributed by atoms with Gasteiger partial charge in [0.2, 0.25) is 0 Å². The predicted octanol–water partition coefficient (Wildman–Crippen LogP) is 2.91. The molecule has 1 aromatic carbocycles. The second kappa shape index (κ2) is 7.46. The van der Waals surface area contributed by atoms with Gasteiger partial charge >= 0.3 is 17.1 Å². The van der Waals surface area contributed by atoms with Crippen LogP contribution in [-0.4, -0.2) is 0 Å². The van der Waals surface area contributed by atoms with Crippen LogP contribution in [-0.2, 0) is 17.1 Å². The summed E-state index contributed by atoms with van der Waals surface area (Å²) in [6.07, 6.45) is 9.50. The van der Waals surface area contributed by atoms with Crippen LogP contribution in [0.1, 0.15) is 6.42 Å². The van der Waals surface area contributed by atoms with Gasteiger partial charge in [-0.25, -0.2) is 12.1 Å². The fourth-order valence-electron chi connectivity index (χ4n) is 0.714. The van der Waals surface area contributed by atoms with Crippen molar-refractivity contribution in [2.75, 3.05) is 0 Å². The monoisotopic (exact) mass is 187 g/mol. The molecule has 0 atom stereocenters. The Kier molecular flexibility index (Phi) is 7.02. The van der Waals surface area contributed by atoms with E-state index in [0.29, 0.717) is 0 Å². The summed E-state index contributed by atoms with van der Waals surface area (Å²) < 4.78 is 0. The van der Waals surface area contributed by atoms with Gasteiger partial charge < -0.3 is 0 Å². The first-order valence-electron chi connectivity index (χ1n) is 3.48. The largest absolute Gasteiger partial charge is 2.00 e. The van der Waals surface area contributed by atoms with Crippen LogP contribution in [0, 0.1) is 0 Å². The zero-order chi connectivity index (χ0) is 7.07. The molecule has 0 bridgehead atoms. The quantitative estimate of drug-likeness (QED) is 0.432. The number of rotatable bonds is 0. The van der Waals surface area contributed by atoms with Crippen molar-refractivity contribution in [2.24, 2.45) is 0 Å². The van der Waals surface area contributed by atoms with Gasteiger partial charge in [-0.3, -0.25) is 0 Å². The summed E-state index contributed by atoms with van der Waals surface area (Å²) in [6, 6.07) is 10.0. The van der Waals surface area contributed by atoms with Crippen LogP contribution < -0.4 is 0 Å². The molecule has 0 radical (unpaired) electrons. The fraction of sp³-hybridized carbons (Fsp3) is 0.100. The van der Waals surface area contributed by atoms with Gasteiger partial charge in [0.25, 0.3) is 0 Å². The summed E-state index contributed by atoms with van der Waals surface area (Å²) in [5.74, 6) is 0. The Hall–Kier alpha value is -0.651. The molecule has 2 rings (SSSR count). The first kappa shape index (κ1) is 10.3. The molecule has 1 aromatic rings. The van der Waals surface area contributed by atoms with Gasteiger partial charge in [-0.05, 0) is 6.42 Å². The molecule has 0 saturated heterocycles. The molecule has 11 heavy (non-hydrogen) atoms. The zero-order valence-electron chi connectivity index (χ0n) is 6.26. The minimum absolute atomic E-state index is 0. The molecule has 58 valence electrons. The van der Waals surface area contributed by atoms with Gasteiger partial charge in [0.05, 0.1) is 0 Å². The molecule has 1 aliphatic carbocycles. The van der Waals surface area contributed by atoms with Crippen LogP contribution in [0.25, 0.3) is 0 Å². The average Bonchev–Trinajstić information content (AvgIpc) is 2.67. The molecule has 0 spiro atoms. The molecular formula is C10H11Fe+. The van der Waals surface area contributed by atoms with Gasteiger partial charge in [0, 0.05) is 0 Å². The van der Waals surface area contributed by atoms with Crippen molar-refractivity contribution in [2.45, 2.75) is 6.42 Å². The molecule has 0 saturated carbocycles. The molecule has 0 aromatic heterocycles. The first-order valence-corrected chi connectivity index (χ1v) is 3.48. The van der Waals surface area contributed by atoms with Crippen molar-refractivity contribution < 1.29 is 17.1 Å². The minimum Gasteiger partial charge on any atom is -0.214 e. The van der Waals surface area contributed by atoms with E-state index in [1.54, 1.807) is 0 Å². The summed E-state index contributed by atoms with van der Waals surface area (Å²) in [7, 11) is 0. The Labute approximate surface area is 78.5 Å². The van der Waals surface area contributed by atoms with E-state index in [9.17, 15) is 0 Å². The van der Waals surface area contributed by atoms with Crippen molar-refractivity contribution in [1.82, 2.24) is 0 Å². The third kappa shape index (κ3) is 5.78. The predicted molar refractivity (Wildman–Crippen MR) is 44.9 cm³/mol. The van der Waals surface area contributed by atoms with Gasteiger partial charge in [0.1, 0.15) is 0 Å². The van der Waals surface area contributed by atoms with Crippen LogP contribution >= 0.6 is 0 Å². The van der Waals surface area contributed by atoms with Crippen LogP contribution in [0.3, 0.4) is 0 Å². The smallest absolute Gasteiger partial charge is 0.214 e. The van der Waals surface area contributed by atoms with E-state index < -0.39 is 0 Å². The third-order valence-electron chi connectivity index (χ3n) is 1.21. The number of hydrogen-bond donors (Lipinski definition) is 0. The van der Waals surface area contributed by atoms with E-state index in [2.05, 4.69) is 24.3 Å². The Balaban J connectivity index is 0.000000167. The SMILES string of the molecule is C1=CCC=C1.[Fe+2].c1cc[cH-]c1. The summed E-state index contributed by atoms with van der Waals surface area (Å²) in [4.78, 5) is 0. The topological polar surface area (TPSA) is 0 Å². The molecule has 0 fully saturated rings. The molecule has 0 aliphatic heterocycles. The standard InChI is InChI=1S/C5H6.C5H5.Fe/c2*1-2-4-5-3-1;/h1-4H,5H2;1-5H;/q;-1;+2. The van der Waals surface area contributed by atoms with Crippen LogP contribution in [0.4, 0.5) is 0 Å². The summed E-state index contributed by atoms with van der Waals surface area (Å²) in [5.41, 5.74) is 0. The van der Waals surface area contributed by atoms with E-state index in [-0.39, 0.29) is 17.1 Å². The van der Waals surface area contributed by atoms with E-state index in [4.69, 9.17) is 0 Å². The van der Waals surface area contributed by atoms with Crippen LogP contribution in [0.15, 0.2) is 54.6 Å². The summed E-state index contributed by atoms with van der Waals surface area (Å²) >= 11 is 0. The Morgan fingerprint density at radius 1 is 0.909 bits per heavy atom. The maximum atomic E-state index is 2.12. The molecule has 1 heteroatoms. The van der Waals surface area contributed by atoms with E-state index in [1.165, 1.54) is 0 Å². The fourth-order valence-corrected chi connectivity index (χ4v) is 0.714. The maximum Gasteiger partial charge on any atom is 2.00 e. The van der Waals surface area contributed by atoms with E-state index in [1.807, 2.05) is 30.3 Å². The van der Waals surface area contributed by atoms with Crippen molar-refractivity contribution >= 4 is 0 Å². The normalized spacial score (nSPS) is 11.6. The van der Waals surface area contributed by atoms with Crippen LogP contribution in [0.2, 0.25) is 0 Å². The van der Waals surface area contributed by atoms with E-state index >= 15 is 0 Å². The second-order valence-corrected chi connectivity index (χ2v) is 2.05. The molecule has 0 unspecified atom stereocenters. The van der Waals surface area contributed by atoms with Crippen molar-refractivity contribution in [3.05, 3.63) is 54.6 Å². The minimum atomic E-state index is 0. The molecule has 0 nitrogen and oxygen atoms in total. The van der Waals surface area contributed by atoms with Crippen molar-refractivity contribution in [3.8, 4) is 0 Å². The van der Waals surface area contributed by atoms with Crippen molar-refractivity contribution in [1.29, 1.82) is 0 Å². The molecule has 0 heterocycles. The Bertz CT molecular complexity index is 167. The molecule has 1 aliphatic rings. The average molecular weight is 187 g/mol. The first-order chi connectivity index (χ1) is 5.00.